The van der Waals surface area contributed by atoms with E-state index in [0.717, 1.165) is 18.1 Å². The second-order valence-corrected chi connectivity index (χ2v) is 5.17. The average molecular weight is 253 g/mol. The average Bonchev–Trinajstić information content (AvgIpc) is 2.78. The number of nitrogens with zero attached hydrogens (tertiary/aromatic N) is 1. The lowest BCUT2D eigenvalue weighted by atomic mass is 10.1. The molecule has 1 heterocycles. The molecular formula is C14H21ClN2. The molecule has 0 saturated carbocycles. The third-order valence-electron chi connectivity index (χ3n) is 3.65. The van der Waals surface area contributed by atoms with Gasteiger partial charge in [-0.3, -0.25) is 0 Å². The van der Waals surface area contributed by atoms with E-state index in [1.807, 2.05) is 13.1 Å². The first-order valence-corrected chi connectivity index (χ1v) is 6.78. The summed E-state index contributed by atoms with van der Waals surface area (Å²) in [4.78, 5) is 2.53. The molecule has 1 aromatic carbocycles. The minimum absolute atomic E-state index is 0.666. The van der Waals surface area contributed by atoms with Crippen molar-refractivity contribution in [3.05, 3.63) is 28.8 Å². The number of nitrogens with one attached hydrogen (secondary N) is 1. The van der Waals surface area contributed by atoms with E-state index in [2.05, 4.69) is 29.3 Å². The molecule has 1 aliphatic rings. The predicted molar refractivity (Wildman–Crippen MR) is 75.1 cm³/mol. The minimum Gasteiger partial charge on any atom is -0.368 e. The standard InChI is InChI=1S/C14H21ClN2/c1-11-13(15)6-3-7-14(11)17-10-4-5-12(17)8-9-16-2/h3,6-7,12,16H,4-5,8-10H2,1-2H3. The summed E-state index contributed by atoms with van der Waals surface area (Å²) in [6.07, 6.45) is 3.80. The van der Waals surface area contributed by atoms with E-state index < -0.39 is 0 Å². The second kappa shape index (κ2) is 5.74. The van der Waals surface area contributed by atoms with Crippen molar-refractivity contribution in [3.63, 3.8) is 0 Å². The Labute approximate surface area is 109 Å². The van der Waals surface area contributed by atoms with Crippen LogP contribution >= 0.6 is 11.6 Å². The first-order chi connectivity index (χ1) is 8.24. The summed E-state index contributed by atoms with van der Waals surface area (Å²) in [5.41, 5.74) is 2.53. The van der Waals surface area contributed by atoms with E-state index in [1.54, 1.807) is 0 Å². The Balaban J connectivity index is 2.17. The van der Waals surface area contributed by atoms with Crippen LogP contribution < -0.4 is 10.2 Å². The Kier molecular flexibility index (Phi) is 4.30. The molecule has 1 N–H and O–H groups in total. The molecule has 0 aromatic heterocycles. The van der Waals surface area contributed by atoms with Crippen LogP contribution in [0.5, 0.6) is 0 Å². The van der Waals surface area contributed by atoms with Crippen molar-refractivity contribution in [3.8, 4) is 0 Å². The largest absolute Gasteiger partial charge is 0.368 e. The number of benzene rings is 1. The van der Waals surface area contributed by atoms with E-state index >= 15 is 0 Å². The smallest absolute Gasteiger partial charge is 0.0455 e. The number of anilines is 1. The van der Waals surface area contributed by atoms with Gasteiger partial charge in [-0.1, -0.05) is 17.7 Å². The predicted octanol–water partition coefficient (Wildman–Crippen LogP) is 3.23. The molecule has 2 nitrogen and oxygen atoms in total. The molecular weight excluding hydrogens is 232 g/mol. The van der Waals surface area contributed by atoms with Crippen molar-refractivity contribution in [1.82, 2.24) is 5.32 Å². The maximum Gasteiger partial charge on any atom is 0.0455 e. The van der Waals surface area contributed by atoms with Gasteiger partial charge >= 0.3 is 0 Å². The maximum atomic E-state index is 6.21. The van der Waals surface area contributed by atoms with Crippen LogP contribution in [-0.4, -0.2) is 26.2 Å². The Morgan fingerprint density at radius 2 is 2.29 bits per heavy atom. The molecule has 0 spiro atoms. The molecule has 0 bridgehead atoms. The minimum atomic E-state index is 0.666. The van der Waals surface area contributed by atoms with Gasteiger partial charge in [-0.15, -0.1) is 0 Å². The molecule has 94 valence electrons. The highest BCUT2D eigenvalue weighted by atomic mass is 35.5. The van der Waals surface area contributed by atoms with Crippen molar-refractivity contribution in [1.29, 1.82) is 0 Å². The number of rotatable bonds is 4. The van der Waals surface area contributed by atoms with E-state index in [9.17, 15) is 0 Å². The SMILES string of the molecule is CNCCC1CCCN1c1cccc(Cl)c1C. The van der Waals surface area contributed by atoms with Crippen molar-refractivity contribution in [2.75, 3.05) is 25.0 Å². The molecule has 2 rings (SSSR count). The van der Waals surface area contributed by atoms with Gasteiger partial charge < -0.3 is 10.2 Å². The van der Waals surface area contributed by atoms with Gasteiger partial charge in [-0.25, -0.2) is 0 Å². The van der Waals surface area contributed by atoms with Gasteiger partial charge in [0, 0.05) is 23.3 Å². The highest BCUT2D eigenvalue weighted by molar-refractivity contribution is 6.31. The van der Waals surface area contributed by atoms with Gasteiger partial charge in [0.15, 0.2) is 0 Å². The van der Waals surface area contributed by atoms with Crippen LogP contribution in [0.15, 0.2) is 18.2 Å². The van der Waals surface area contributed by atoms with E-state index in [4.69, 9.17) is 11.6 Å². The molecule has 3 heteroatoms. The Hall–Kier alpha value is -0.730. The van der Waals surface area contributed by atoms with Gasteiger partial charge in [0.1, 0.15) is 0 Å². The fraction of sp³-hybridized carbons (Fsp3) is 0.571. The van der Waals surface area contributed by atoms with Crippen LogP contribution in [0, 0.1) is 6.92 Å². The molecule has 0 radical (unpaired) electrons. The highest BCUT2D eigenvalue weighted by Gasteiger charge is 2.25. The summed E-state index contributed by atoms with van der Waals surface area (Å²) in [6, 6.07) is 6.88. The third-order valence-corrected chi connectivity index (χ3v) is 4.06. The van der Waals surface area contributed by atoms with E-state index in [-0.39, 0.29) is 0 Å². The van der Waals surface area contributed by atoms with Gasteiger partial charge in [0.05, 0.1) is 0 Å². The number of hydrogen-bond acceptors (Lipinski definition) is 2. The summed E-state index contributed by atoms with van der Waals surface area (Å²) in [6.45, 7) is 4.36. The molecule has 1 unspecified atom stereocenters. The lowest BCUT2D eigenvalue weighted by Gasteiger charge is -2.28. The maximum absolute atomic E-state index is 6.21. The zero-order valence-corrected chi connectivity index (χ0v) is 11.4. The Morgan fingerprint density at radius 1 is 1.47 bits per heavy atom. The molecule has 1 saturated heterocycles. The van der Waals surface area contributed by atoms with Crippen LogP contribution in [0.1, 0.15) is 24.8 Å². The third kappa shape index (κ3) is 2.75. The van der Waals surface area contributed by atoms with Crippen LogP contribution in [0.2, 0.25) is 5.02 Å². The summed E-state index contributed by atoms with van der Waals surface area (Å²) in [5.74, 6) is 0. The zero-order chi connectivity index (χ0) is 12.3. The lowest BCUT2D eigenvalue weighted by molar-refractivity contribution is 0.585. The van der Waals surface area contributed by atoms with Gasteiger partial charge in [0.25, 0.3) is 0 Å². The monoisotopic (exact) mass is 252 g/mol. The summed E-state index contributed by atoms with van der Waals surface area (Å²) in [7, 11) is 2.02. The highest BCUT2D eigenvalue weighted by Crippen LogP contribution is 2.32. The van der Waals surface area contributed by atoms with E-state index in [0.29, 0.717) is 6.04 Å². The van der Waals surface area contributed by atoms with Crippen molar-refractivity contribution >= 4 is 17.3 Å². The fourth-order valence-electron chi connectivity index (χ4n) is 2.67. The second-order valence-electron chi connectivity index (χ2n) is 4.77. The van der Waals surface area contributed by atoms with Crippen LogP contribution in [0.4, 0.5) is 5.69 Å². The lowest BCUT2D eigenvalue weighted by Crippen LogP contribution is -2.32. The molecule has 17 heavy (non-hydrogen) atoms. The normalized spacial score (nSPS) is 19.9. The molecule has 1 aromatic rings. The van der Waals surface area contributed by atoms with Gasteiger partial charge in [-0.2, -0.15) is 0 Å². The summed E-state index contributed by atoms with van der Waals surface area (Å²) in [5, 5.41) is 4.12. The topological polar surface area (TPSA) is 15.3 Å². The zero-order valence-electron chi connectivity index (χ0n) is 10.7. The van der Waals surface area contributed by atoms with Crippen LogP contribution in [-0.2, 0) is 0 Å². The van der Waals surface area contributed by atoms with Gasteiger partial charge in [0.2, 0.25) is 0 Å². The molecule has 0 aliphatic carbocycles. The number of halogens is 1. The first kappa shape index (κ1) is 12.7. The van der Waals surface area contributed by atoms with Gasteiger partial charge in [-0.05, 0) is 57.5 Å². The fourth-order valence-corrected chi connectivity index (χ4v) is 2.84. The molecule has 1 aliphatic heterocycles. The number of hydrogen-bond donors (Lipinski definition) is 1. The van der Waals surface area contributed by atoms with Crippen molar-refractivity contribution in [2.45, 2.75) is 32.2 Å². The quantitative estimate of drug-likeness (QED) is 0.885. The van der Waals surface area contributed by atoms with E-state index in [1.165, 1.54) is 30.5 Å². The summed E-state index contributed by atoms with van der Waals surface area (Å²) >= 11 is 6.21. The Morgan fingerprint density at radius 3 is 3.06 bits per heavy atom. The Bertz CT molecular complexity index is 378. The van der Waals surface area contributed by atoms with Crippen LogP contribution in [0.25, 0.3) is 0 Å². The molecule has 1 atom stereocenters. The molecule has 1 fully saturated rings. The van der Waals surface area contributed by atoms with Crippen LogP contribution in [0.3, 0.4) is 0 Å². The van der Waals surface area contributed by atoms with Crippen molar-refractivity contribution in [2.24, 2.45) is 0 Å². The first-order valence-electron chi connectivity index (χ1n) is 6.40. The summed E-state index contributed by atoms with van der Waals surface area (Å²) < 4.78 is 0. The van der Waals surface area contributed by atoms with Crippen molar-refractivity contribution < 1.29 is 0 Å². The molecule has 0 amide bonds.